The first-order valence-electron chi connectivity index (χ1n) is 9.89. The van der Waals surface area contributed by atoms with Crippen LogP contribution in [-0.4, -0.2) is 16.5 Å². The zero-order valence-corrected chi connectivity index (χ0v) is 17.0. The maximum Gasteiger partial charge on any atom is 0.423 e. The highest BCUT2D eigenvalue weighted by Crippen LogP contribution is 2.36. The van der Waals surface area contributed by atoms with Crippen LogP contribution in [0.3, 0.4) is 0 Å². The maximum absolute atomic E-state index is 13.5. The van der Waals surface area contributed by atoms with Crippen molar-refractivity contribution in [3.63, 3.8) is 0 Å². The molecule has 0 aliphatic heterocycles. The number of anilines is 2. The summed E-state index contributed by atoms with van der Waals surface area (Å²) in [7, 11) is 0. The third kappa shape index (κ3) is 5.28. The van der Waals surface area contributed by atoms with E-state index in [-0.39, 0.29) is 12.6 Å². The second-order valence-corrected chi connectivity index (χ2v) is 6.82. The third-order valence-corrected chi connectivity index (χ3v) is 4.61. The third-order valence-electron chi connectivity index (χ3n) is 4.61. The molecule has 0 bridgehead atoms. The van der Waals surface area contributed by atoms with Crippen molar-refractivity contribution < 1.29 is 17.9 Å². The highest BCUT2D eigenvalue weighted by Gasteiger charge is 2.36. The van der Waals surface area contributed by atoms with Crippen molar-refractivity contribution in [2.75, 3.05) is 11.4 Å². The highest BCUT2D eigenvalue weighted by molar-refractivity contribution is 5.58. The second kappa shape index (κ2) is 9.61. The molecule has 0 aliphatic carbocycles. The van der Waals surface area contributed by atoms with Gasteiger partial charge < -0.3 is 9.64 Å². The average molecular weight is 415 g/mol. The van der Waals surface area contributed by atoms with E-state index in [2.05, 4.69) is 16.9 Å². The van der Waals surface area contributed by atoms with Crippen LogP contribution in [0, 0.1) is 0 Å². The first kappa shape index (κ1) is 21.6. The van der Waals surface area contributed by atoms with Gasteiger partial charge in [0.05, 0.1) is 0 Å². The van der Waals surface area contributed by atoms with Gasteiger partial charge in [0.1, 0.15) is 12.2 Å². The van der Waals surface area contributed by atoms with Gasteiger partial charge in [-0.2, -0.15) is 18.2 Å². The molecule has 4 nitrogen and oxygen atoms in total. The zero-order valence-electron chi connectivity index (χ0n) is 17.0. The van der Waals surface area contributed by atoms with Gasteiger partial charge in [0, 0.05) is 18.4 Å². The monoisotopic (exact) mass is 415 g/mol. The van der Waals surface area contributed by atoms with E-state index in [4.69, 9.17) is 4.74 Å². The van der Waals surface area contributed by atoms with Crippen molar-refractivity contribution in [3.8, 4) is 5.88 Å². The van der Waals surface area contributed by atoms with Crippen molar-refractivity contribution in [1.29, 1.82) is 0 Å². The fraction of sp³-hybridized carbons (Fsp3) is 0.304. The van der Waals surface area contributed by atoms with Crippen molar-refractivity contribution >= 4 is 11.6 Å². The lowest BCUT2D eigenvalue weighted by Crippen LogP contribution is -2.20. The van der Waals surface area contributed by atoms with Gasteiger partial charge in [-0.3, -0.25) is 0 Å². The number of ether oxygens (including phenoxy) is 1. The smallest absolute Gasteiger partial charge is 0.423 e. The number of aryl methyl sites for hydroxylation is 1. The van der Waals surface area contributed by atoms with Gasteiger partial charge in [0.2, 0.25) is 11.8 Å². The van der Waals surface area contributed by atoms with Gasteiger partial charge in [-0.1, -0.05) is 55.8 Å². The van der Waals surface area contributed by atoms with E-state index in [0.717, 1.165) is 30.3 Å². The topological polar surface area (TPSA) is 38.2 Å². The average Bonchev–Trinajstić information content (AvgIpc) is 2.74. The predicted molar refractivity (Wildman–Crippen MR) is 111 cm³/mol. The summed E-state index contributed by atoms with van der Waals surface area (Å²) in [5.74, 6) is -0.311. The molecule has 0 saturated carbocycles. The van der Waals surface area contributed by atoms with Crippen LogP contribution in [0.2, 0.25) is 0 Å². The largest absolute Gasteiger partial charge is 0.472 e. The first-order valence-corrected chi connectivity index (χ1v) is 9.89. The molecule has 0 spiro atoms. The Balaban J connectivity index is 1.91. The maximum atomic E-state index is 13.5. The van der Waals surface area contributed by atoms with Crippen molar-refractivity contribution in [3.05, 3.63) is 77.5 Å². The van der Waals surface area contributed by atoms with E-state index in [0.29, 0.717) is 6.54 Å². The van der Waals surface area contributed by atoms with Crippen LogP contribution in [0.15, 0.2) is 60.8 Å². The summed E-state index contributed by atoms with van der Waals surface area (Å²) >= 11 is 0. The number of alkyl halides is 3. The fourth-order valence-electron chi connectivity index (χ4n) is 3.09. The Hall–Kier alpha value is -3.09. The lowest BCUT2D eigenvalue weighted by Gasteiger charge is -2.22. The molecule has 3 rings (SSSR count). The molecular formula is C23H24F3N3O. The van der Waals surface area contributed by atoms with Gasteiger partial charge in [0.25, 0.3) is 0 Å². The second-order valence-electron chi connectivity index (χ2n) is 6.82. The summed E-state index contributed by atoms with van der Waals surface area (Å²) in [5.41, 5.74) is 1.78. The van der Waals surface area contributed by atoms with E-state index < -0.39 is 17.6 Å². The molecule has 0 saturated heterocycles. The van der Waals surface area contributed by atoms with Crippen LogP contribution >= 0.6 is 0 Å². The quantitative estimate of drug-likeness (QED) is 0.440. The van der Waals surface area contributed by atoms with Gasteiger partial charge in [-0.05, 0) is 36.6 Å². The Labute approximate surface area is 174 Å². The Kier molecular flexibility index (Phi) is 6.92. The minimum Gasteiger partial charge on any atom is -0.472 e. The summed E-state index contributed by atoms with van der Waals surface area (Å²) in [5, 5.41) is 0. The van der Waals surface area contributed by atoms with Crippen LogP contribution in [0.5, 0.6) is 5.88 Å². The minimum absolute atomic E-state index is 0.0157. The van der Waals surface area contributed by atoms with Crippen LogP contribution in [0.1, 0.15) is 37.0 Å². The van der Waals surface area contributed by atoms with Crippen LogP contribution in [-0.2, 0) is 19.2 Å². The standard InChI is InChI=1S/C23H24F3N3O/c1-3-8-17-11-13-19(14-12-17)29(4-2)22-27-15-20(23(24,25)26)21(28-22)30-16-18-9-6-5-7-10-18/h5-7,9-15H,3-4,8,16H2,1-2H3. The molecule has 1 aromatic heterocycles. The highest BCUT2D eigenvalue weighted by atomic mass is 19.4. The summed E-state index contributed by atoms with van der Waals surface area (Å²) in [4.78, 5) is 9.87. The molecule has 2 aromatic carbocycles. The van der Waals surface area contributed by atoms with E-state index >= 15 is 0 Å². The molecule has 158 valence electrons. The van der Waals surface area contributed by atoms with Crippen LogP contribution in [0.25, 0.3) is 0 Å². The lowest BCUT2D eigenvalue weighted by atomic mass is 10.1. The number of aromatic nitrogens is 2. The molecule has 0 N–H and O–H groups in total. The van der Waals surface area contributed by atoms with Gasteiger partial charge in [-0.25, -0.2) is 4.98 Å². The number of halogens is 3. The molecule has 0 aliphatic rings. The van der Waals surface area contributed by atoms with Crippen molar-refractivity contribution in [1.82, 2.24) is 9.97 Å². The van der Waals surface area contributed by atoms with Gasteiger partial charge in [-0.15, -0.1) is 0 Å². The van der Waals surface area contributed by atoms with Crippen molar-refractivity contribution in [2.24, 2.45) is 0 Å². The Morgan fingerprint density at radius 1 is 0.933 bits per heavy atom. The number of nitrogens with zero attached hydrogens (tertiary/aromatic N) is 3. The number of hydrogen-bond acceptors (Lipinski definition) is 4. The lowest BCUT2D eigenvalue weighted by molar-refractivity contribution is -0.139. The van der Waals surface area contributed by atoms with E-state index in [1.807, 2.05) is 37.3 Å². The molecule has 3 aromatic rings. The molecule has 0 radical (unpaired) electrons. The molecule has 0 amide bonds. The zero-order chi connectivity index (χ0) is 21.6. The Bertz CT molecular complexity index is 944. The first-order chi connectivity index (χ1) is 14.4. The Morgan fingerprint density at radius 3 is 2.23 bits per heavy atom. The molecule has 0 fully saturated rings. The van der Waals surface area contributed by atoms with Gasteiger partial charge in [0.15, 0.2) is 0 Å². The van der Waals surface area contributed by atoms with E-state index in [9.17, 15) is 13.2 Å². The predicted octanol–water partition coefficient (Wildman–Crippen LogP) is 6.18. The molecule has 1 heterocycles. The summed E-state index contributed by atoms with van der Waals surface area (Å²) in [6.45, 7) is 4.49. The summed E-state index contributed by atoms with van der Waals surface area (Å²) in [6.07, 6.45) is -1.80. The Morgan fingerprint density at radius 2 is 1.63 bits per heavy atom. The molecule has 30 heavy (non-hydrogen) atoms. The number of benzene rings is 2. The van der Waals surface area contributed by atoms with Crippen molar-refractivity contribution in [2.45, 2.75) is 39.5 Å². The minimum atomic E-state index is -4.61. The van der Waals surface area contributed by atoms with Gasteiger partial charge >= 0.3 is 6.18 Å². The molecular weight excluding hydrogens is 391 g/mol. The molecule has 0 unspecified atom stereocenters. The van der Waals surface area contributed by atoms with E-state index in [1.165, 1.54) is 5.56 Å². The fourth-order valence-corrected chi connectivity index (χ4v) is 3.09. The van der Waals surface area contributed by atoms with Crippen LogP contribution < -0.4 is 9.64 Å². The SMILES string of the molecule is CCCc1ccc(N(CC)c2ncc(C(F)(F)F)c(OCc3ccccc3)n2)cc1. The summed E-state index contributed by atoms with van der Waals surface area (Å²) in [6, 6.07) is 16.9. The molecule has 0 atom stereocenters. The summed E-state index contributed by atoms with van der Waals surface area (Å²) < 4.78 is 45.8. The molecule has 7 heteroatoms. The number of hydrogen-bond donors (Lipinski definition) is 0. The number of rotatable bonds is 8. The van der Waals surface area contributed by atoms with E-state index in [1.54, 1.807) is 29.2 Å². The normalized spacial score (nSPS) is 11.4. The van der Waals surface area contributed by atoms with Crippen LogP contribution in [0.4, 0.5) is 24.8 Å².